The van der Waals surface area contributed by atoms with Crippen LogP contribution < -0.4 is 0 Å². The van der Waals surface area contributed by atoms with Gasteiger partial charge in [-0.2, -0.15) is 0 Å². The van der Waals surface area contributed by atoms with Crippen LogP contribution in [0, 0.1) is 5.92 Å². The van der Waals surface area contributed by atoms with E-state index in [1.54, 1.807) is 0 Å². The fraction of sp³-hybridized carbons (Fsp3) is 0.611. The van der Waals surface area contributed by atoms with Crippen molar-refractivity contribution in [2.24, 2.45) is 5.92 Å². The van der Waals surface area contributed by atoms with Gasteiger partial charge in [-0.05, 0) is 17.9 Å². The van der Waals surface area contributed by atoms with Gasteiger partial charge in [-0.1, -0.05) is 45.0 Å². The van der Waals surface area contributed by atoms with Crippen LogP contribution in [0.5, 0.6) is 0 Å². The quantitative estimate of drug-likeness (QED) is 0.745. The zero-order chi connectivity index (χ0) is 16.4. The summed E-state index contributed by atoms with van der Waals surface area (Å²) >= 11 is 0. The molecule has 5 nitrogen and oxygen atoms in total. The molecule has 3 aliphatic heterocycles. The first kappa shape index (κ1) is 15.1. The summed E-state index contributed by atoms with van der Waals surface area (Å²) in [7, 11) is 0. The molecule has 0 aliphatic carbocycles. The Morgan fingerprint density at radius 2 is 1.61 bits per heavy atom. The summed E-state index contributed by atoms with van der Waals surface area (Å²) < 4.78 is 23.1. The number of esters is 1. The van der Waals surface area contributed by atoms with Crippen LogP contribution >= 0.6 is 0 Å². The lowest BCUT2D eigenvalue weighted by atomic mass is 9.87. The van der Waals surface area contributed by atoms with Gasteiger partial charge in [0.25, 0.3) is 0 Å². The first-order valence-corrected chi connectivity index (χ1v) is 8.12. The van der Waals surface area contributed by atoms with E-state index in [2.05, 4.69) is 32.9 Å². The van der Waals surface area contributed by atoms with Crippen LogP contribution in [0.3, 0.4) is 0 Å². The van der Waals surface area contributed by atoms with Crippen molar-refractivity contribution in [1.29, 1.82) is 0 Å². The van der Waals surface area contributed by atoms with Gasteiger partial charge >= 0.3 is 5.97 Å². The summed E-state index contributed by atoms with van der Waals surface area (Å²) in [5, 5.41) is 0. The summed E-state index contributed by atoms with van der Waals surface area (Å²) in [4.78, 5) is 11.7. The highest BCUT2D eigenvalue weighted by Crippen LogP contribution is 2.44. The van der Waals surface area contributed by atoms with Gasteiger partial charge in [0.2, 0.25) is 0 Å². The monoisotopic (exact) mass is 318 g/mol. The molecule has 5 heteroatoms. The molecule has 0 N–H and O–H groups in total. The third-order valence-corrected chi connectivity index (χ3v) is 4.91. The van der Waals surface area contributed by atoms with E-state index in [1.165, 1.54) is 5.56 Å². The van der Waals surface area contributed by atoms with E-state index in [0.717, 1.165) is 5.56 Å². The molecule has 0 saturated carbocycles. The van der Waals surface area contributed by atoms with Crippen LogP contribution in [0.25, 0.3) is 0 Å². The number of fused-ring (bicyclic) bond motifs is 3. The highest BCUT2D eigenvalue weighted by Gasteiger charge is 2.60. The van der Waals surface area contributed by atoms with Crippen LogP contribution in [0.4, 0.5) is 0 Å². The third kappa shape index (κ3) is 2.38. The molecular weight excluding hydrogens is 296 g/mol. The van der Waals surface area contributed by atoms with E-state index in [4.69, 9.17) is 18.9 Å². The second-order valence-corrected chi connectivity index (χ2v) is 7.60. The molecule has 0 radical (unpaired) electrons. The molecule has 124 valence electrons. The van der Waals surface area contributed by atoms with E-state index >= 15 is 0 Å². The van der Waals surface area contributed by atoms with Crippen LogP contribution in [0.1, 0.15) is 45.1 Å². The average molecular weight is 318 g/mol. The number of hydrogen-bond acceptors (Lipinski definition) is 5. The molecule has 0 bridgehead atoms. The van der Waals surface area contributed by atoms with E-state index in [1.807, 2.05) is 19.1 Å². The maximum Gasteiger partial charge on any atom is 0.311 e. The van der Waals surface area contributed by atoms with Crippen molar-refractivity contribution < 1.29 is 23.7 Å². The normalized spacial score (nSPS) is 39.2. The number of rotatable bonds is 1. The summed E-state index contributed by atoms with van der Waals surface area (Å²) in [6, 6.07) is 8.23. The van der Waals surface area contributed by atoms with E-state index in [9.17, 15) is 4.79 Å². The highest BCUT2D eigenvalue weighted by molar-refractivity contribution is 5.75. The van der Waals surface area contributed by atoms with E-state index < -0.39 is 12.6 Å². The Kier molecular flexibility index (Phi) is 3.31. The van der Waals surface area contributed by atoms with Crippen molar-refractivity contribution in [3.63, 3.8) is 0 Å². The topological polar surface area (TPSA) is 54.0 Å². The molecule has 0 spiro atoms. The Bertz CT molecular complexity index is 617. The average Bonchev–Trinajstić information content (AvgIpc) is 3.12. The van der Waals surface area contributed by atoms with E-state index in [0.29, 0.717) is 0 Å². The smallest absolute Gasteiger partial charge is 0.311 e. The van der Waals surface area contributed by atoms with Gasteiger partial charge in [-0.3, -0.25) is 4.79 Å². The fourth-order valence-corrected chi connectivity index (χ4v) is 3.41. The van der Waals surface area contributed by atoms with Gasteiger partial charge in [-0.25, -0.2) is 0 Å². The molecule has 3 fully saturated rings. The predicted molar refractivity (Wildman–Crippen MR) is 81.5 cm³/mol. The molecule has 6 unspecified atom stereocenters. The van der Waals surface area contributed by atoms with Crippen molar-refractivity contribution >= 4 is 5.97 Å². The summed E-state index contributed by atoms with van der Waals surface area (Å²) in [6.45, 7) is 8.35. The van der Waals surface area contributed by atoms with Crippen LogP contribution in [0.15, 0.2) is 24.3 Å². The number of benzene rings is 1. The molecular formula is C18H22O5. The molecule has 3 aliphatic rings. The summed E-state index contributed by atoms with van der Waals surface area (Å²) in [5.41, 5.74) is 2.32. The van der Waals surface area contributed by atoms with Gasteiger partial charge in [0.05, 0.1) is 5.92 Å². The lowest BCUT2D eigenvalue weighted by molar-refractivity contribution is -0.167. The minimum absolute atomic E-state index is 0.108. The first-order chi connectivity index (χ1) is 10.8. The molecule has 1 aromatic rings. The number of ether oxygens (including phenoxy) is 4. The Labute approximate surface area is 135 Å². The number of carbonyl (C=O) groups excluding carboxylic acids is 1. The second kappa shape index (κ2) is 5.03. The van der Waals surface area contributed by atoms with E-state index in [-0.39, 0.29) is 35.6 Å². The Morgan fingerprint density at radius 1 is 0.913 bits per heavy atom. The van der Waals surface area contributed by atoms with Gasteiger partial charge < -0.3 is 18.9 Å². The van der Waals surface area contributed by atoms with Gasteiger partial charge in [0.15, 0.2) is 24.8 Å². The van der Waals surface area contributed by atoms with Crippen molar-refractivity contribution in [1.82, 2.24) is 0 Å². The van der Waals surface area contributed by atoms with Gasteiger partial charge in [0, 0.05) is 5.56 Å². The lowest BCUT2D eigenvalue weighted by Gasteiger charge is -2.20. The summed E-state index contributed by atoms with van der Waals surface area (Å²) in [6.07, 6.45) is -1.91. The molecule has 23 heavy (non-hydrogen) atoms. The first-order valence-electron chi connectivity index (χ1n) is 8.12. The van der Waals surface area contributed by atoms with Gasteiger partial charge in [0.1, 0.15) is 6.10 Å². The standard InChI is InChI=1S/C18H22O5/c1-9-12-13(20-15(9)19)14-17(21-12)23-16(22-14)10-5-7-11(8-6-10)18(2,3)4/h5-9,12-14,16-17H,1-4H3. The zero-order valence-electron chi connectivity index (χ0n) is 13.8. The summed E-state index contributed by atoms with van der Waals surface area (Å²) in [5.74, 6) is -0.484. The van der Waals surface area contributed by atoms with Crippen molar-refractivity contribution in [3.05, 3.63) is 35.4 Å². The fourth-order valence-electron chi connectivity index (χ4n) is 3.41. The van der Waals surface area contributed by atoms with Crippen LogP contribution in [-0.2, 0) is 29.2 Å². The minimum atomic E-state index is -0.477. The molecule has 3 heterocycles. The molecule has 4 rings (SSSR count). The molecule has 6 atom stereocenters. The zero-order valence-corrected chi connectivity index (χ0v) is 13.8. The molecule has 3 saturated heterocycles. The second-order valence-electron chi connectivity index (χ2n) is 7.60. The number of hydrogen-bond donors (Lipinski definition) is 0. The maximum absolute atomic E-state index is 11.7. The predicted octanol–water partition coefficient (Wildman–Crippen LogP) is 2.68. The SMILES string of the molecule is CC1C(=O)OC2C3OC(c4ccc(C(C)(C)C)cc4)OC3OC12. The van der Waals surface area contributed by atoms with Crippen molar-refractivity contribution in [3.8, 4) is 0 Å². The molecule has 0 aromatic heterocycles. The van der Waals surface area contributed by atoms with Gasteiger partial charge in [-0.15, -0.1) is 0 Å². The molecule has 1 aromatic carbocycles. The number of carbonyl (C=O) groups is 1. The highest BCUT2D eigenvalue weighted by atomic mass is 16.8. The molecule has 0 amide bonds. The lowest BCUT2D eigenvalue weighted by Crippen LogP contribution is -2.30. The Morgan fingerprint density at radius 3 is 2.26 bits per heavy atom. The van der Waals surface area contributed by atoms with Crippen molar-refractivity contribution in [2.45, 2.75) is 64.0 Å². The van der Waals surface area contributed by atoms with Crippen molar-refractivity contribution in [2.75, 3.05) is 0 Å². The third-order valence-electron chi connectivity index (χ3n) is 4.91. The minimum Gasteiger partial charge on any atom is -0.456 e. The Hall–Kier alpha value is -1.43. The Balaban J connectivity index is 1.49. The van der Waals surface area contributed by atoms with Crippen LogP contribution in [-0.4, -0.2) is 30.6 Å². The van der Waals surface area contributed by atoms with Crippen LogP contribution in [0.2, 0.25) is 0 Å². The largest absolute Gasteiger partial charge is 0.456 e. The maximum atomic E-state index is 11.7.